The molecular weight excluding hydrogens is 222 g/mol. The van der Waals surface area contributed by atoms with Crippen LogP contribution in [0.5, 0.6) is 0 Å². The number of hydrogen-bond acceptors (Lipinski definition) is 2. The molecule has 0 aromatic carbocycles. The summed E-state index contributed by atoms with van der Waals surface area (Å²) in [5.74, 6) is 0.796. The normalized spacial score (nSPS) is 33.7. The first-order valence-corrected chi connectivity index (χ1v) is 7.77. The summed E-state index contributed by atoms with van der Waals surface area (Å²) >= 11 is 0. The second-order valence-corrected chi connectivity index (χ2v) is 7.81. The van der Waals surface area contributed by atoms with Crippen molar-refractivity contribution in [1.82, 2.24) is 5.32 Å². The van der Waals surface area contributed by atoms with Gasteiger partial charge in [0.2, 0.25) is 0 Å². The Morgan fingerprint density at radius 2 is 1.83 bits per heavy atom. The summed E-state index contributed by atoms with van der Waals surface area (Å²) in [6.07, 6.45) is 7.79. The lowest BCUT2D eigenvalue weighted by atomic mass is 9.64. The van der Waals surface area contributed by atoms with Gasteiger partial charge in [-0.3, -0.25) is 0 Å². The van der Waals surface area contributed by atoms with Crippen LogP contribution in [0.25, 0.3) is 0 Å². The molecule has 2 unspecified atom stereocenters. The Morgan fingerprint density at radius 3 is 2.28 bits per heavy atom. The van der Waals surface area contributed by atoms with Crippen LogP contribution in [0.4, 0.5) is 0 Å². The van der Waals surface area contributed by atoms with Gasteiger partial charge in [0, 0.05) is 18.0 Å². The van der Waals surface area contributed by atoms with Gasteiger partial charge in [0.05, 0.1) is 6.10 Å². The Kier molecular flexibility index (Phi) is 4.08. The van der Waals surface area contributed by atoms with Crippen LogP contribution in [-0.4, -0.2) is 23.8 Å². The number of aliphatic hydroxyl groups excluding tert-OH is 1. The first-order chi connectivity index (χ1) is 8.36. The molecule has 0 radical (unpaired) electrons. The maximum absolute atomic E-state index is 9.81. The molecule has 0 heterocycles. The van der Waals surface area contributed by atoms with E-state index in [0.717, 1.165) is 18.9 Å². The molecule has 2 aliphatic carbocycles. The SMILES string of the molecule is CC(C)CC1(CNC2CC(O)C2(C)C)CCCC1. The lowest BCUT2D eigenvalue weighted by Crippen LogP contribution is -2.61. The van der Waals surface area contributed by atoms with Crippen LogP contribution in [0.3, 0.4) is 0 Å². The summed E-state index contributed by atoms with van der Waals surface area (Å²) in [6.45, 7) is 10.2. The number of rotatable bonds is 5. The van der Waals surface area contributed by atoms with Crippen LogP contribution in [0.1, 0.15) is 66.2 Å². The summed E-state index contributed by atoms with van der Waals surface area (Å²) in [4.78, 5) is 0. The van der Waals surface area contributed by atoms with Gasteiger partial charge in [0.15, 0.2) is 0 Å². The summed E-state index contributed by atoms with van der Waals surface area (Å²) < 4.78 is 0. The predicted molar refractivity (Wildman–Crippen MR) is 76.6 cm³/mol. The van der Waals surface area contributed by atoms with Crippen molar-refractivity contribution in [3.05, 3.63) is 0 Å². The molecule has 0 aromatic heterocycles. The fourth-order valence-electron chi connectivity index (χ4n) is 4.03. The highest BCUT2D eigenvalue weighted by molar-refractivity contribution is 5.02. The van der Waals surface area contributed by atoms with Crippen molar-refractivity contribution in [2.24, 2.45) is 16.7 Å². The van der Waals surface area contributed by atoms with Crippen molar-refractivity contribution < 1.29 is 5.11 Å². The largest absolute Gasteiger partial charge is 0.392 e. The molecule has 106 valence electrons. The van der Waals surface area contributed by atoms with Gasteiger partial charge in [-0.05, 0) is 37.0 Å². The number of nitrogens with one attached hydrogen (secondary N) is 1. The summed E-state index contributed by atoms with van der Waals surface area (Å²) in [5, 5.41) is 13.6. The molecule has 2 nitrogen and oxygen atoms in total. The molecular formula is C16H31NO. The van der Waals surface area contributed by atoms with Gasteiger partial charge in [0.25, 0.3) is 0 Å². The second kappa shape index (κ2) is 5.13. The Bertz CT molecular complexity index is 279. The standard InChI is InChI=1S/C16H31NO/c1-12(2)10-16(7-5-6-8-16)11-17-13-9-14(18)15(13,3)4/h12-14,17-18H,5-11H2,1-4H3. The minimum atomic E-state index is -0.111. The van der Waals surface area contributed by atoms with E-state index in [1.54, 1.807) is 0 Å². The zero-order valence-electron chi connectivity index (χ0n) is 12.6. The first-order valence-electron chi connectivity index (χ1n) is 7.77. The average Bonchev–Trinajstić information content (AvgIpc) is 2.72. The van der Waals surface area contributed by atoms with Gasteiger partial charge in [0.1, 0.15) is 0 Å². The van der Waals surface area contributed by atoms with Crippen molar-refractivity contribution in [3.63, 3.8) is 0 Å². The van der Waals surface area contributed by atoms with Crippen molar-refractivity contribution in [3.8, 4) is 0 Å². The van der Waals surface area contributed by atoms with Crippen LogP contribution in [0.15, 0.2) is 0 Å². The first kappa shape index (κ1) is 14.3. The number of hydrogen-bond donors (Lipinski definition) is 2. The van der Waals surface area contributed by atoms with E-state index in [0.29, 0.717) is 11.5 Å². The summed E-state index contributed by atoms with van der Waals surface area (Å²) in [7, 11) is 0. The van der Waals surface area contributed by atoms with Crippen molar-refractivity contribution in [1.29, 1.82) is 0 Å². The van der Waals surface area contributed by atoms with Crippen LogP contribution in [0.2, 0.25) is 0 Å². The molecule has 2 fully saturated rings. The smallest absolute Gasteiger partial charge is 0.0621 e. The lowest BCUT2D eigenvalue weighted by Gasteiger charge is -2.51. The molecule has 0 aromatic rings. The molecule has 2 heteroatoms. The van der Waals surface area contributed by atoms with Gasteiger partial charge in [-0.25, -0.2) is 0 Å². The Balaban J connectivity index is 1.87. The molecule has 2 atom stereocenters. The molecule has 0 aliphatic heterocycles. The zero-order chi connectivity index (χ0) is 13.4. The third kappa shape index (κ3) is 2.75. The summed E-state index contributed by atoms with van der Waals surface area (Å²) in [6, 6.07) is 0.511. The molecule has 0 spiro atoms. The van der Waals surface area contributed by atoms with Crippen molar-refractivity contribution in [2.45, 2.75) is 78.4 Å². The highest BCUT2D eigenvalue weighted by Gasteiger charge is 2.48. The van der Waals surface area contributed by atoms with Crippen molar-refractivity contribution >= 4 is 0 Å². The molecule has 0 saturated heterocycles. The van der Waals surface area contributed by atoms with Crippen LogP contribution < -0.4 is 5.32 Å². The third-order valence-electron chi connectivity index (χ3n) is 5.44. The van der Waals surface area contributed by atoms with Gasteiger partial charge >= 0.3 is 0 Å². The second-order valence-electron chi connectivity index (χ2n) is 7.81. The molecule has 2 N–H and O–H groups in total. The van der Waals surface area contributed by atoms with E-state index >= 15 is 0 Å². The topological polar surface area (TPSA) is 32.3 Å². The third-order valence-corrected chi connectivity index (χ3v) is 5.44. The van der Waals surface area contributed by atoms with Gasteiger partial charge in [-0.1, -0.05) is 40.5 Å². The Hall–Kier alpha value is -0.0800. The Morgan fingerprint density at radius 1 is 1.22 bits per heavy atom. The molecule has 2 rings (SSSR count). The zero-order valence-corrected chi connectivity index (χ0v) is 12.6. The molecule has 18 heavy (non-hydrogen) atoms. The molecule has 2 aliphatic rings. The summed E-state index contributed by atoms with van der Waals surface area (Å²) in [5.41, 5.74) is 0.614. The predicted octanol–water partition coefficient (Wildman–Crippen LogP) is 3.34. The minimum absolute atomic E-state index is 0.0671. The van der Waals surface area contributed by atoms with Gasteiger partial charge < -0.3 is 10.4 Å². The monoisotopic (exact) mass is 253 g/mol. The molecule has 2 saturated carbocycles. The van der Waals surface area contributed by atoms with Crippen LogP contribution in [-0.2, 0) is 0 Å². The fourth-order valence-corrected chi connectivity index (χ4v) is 4.03. The van der Waals surface area contributed by atoms with E-state index < -0.39 is 0 Å². The van der Waals surface area contributed by atoms with Gasteiger partial charge in [-0.2, -0.15) is 0 Å². The van der Waals surface area contributed by atoms with Gasteiger partial charge in [-0.15, -0.1) is 0 Å². The van der Waals surface area contributed by atoms with E-state index in [2.05, 4.69) is 33.0 Å². The average molecular weight is 253 g/mol. The van der Waals surface area contributed by atoms with E-state index in [1.807, 2.05) is 0 Å². The maximum atomic E-state index is 9.81. The minimum Gasteiger partial charge on any atom is -0.392 e. The maximum Gasteiger partial charge on any atom is 0.0621 e. The van der Waals surface area contributed by atoms with Crippen molar-refractivity contribution in [2.75, 3.05) is 6.54 Å². The quantitative estimate of drug-likeness (QED) is 0.787. The highest BCUT2D eigenvalue weighted by Crippen LogP contribution is 2.45. The van der Waals surface area contributed by atoms with E-state index in [-0.39, 0.29) is 11.5 Å². The van der Waals surface area contributed by atoms with Crippen LogP contribution >= 0.6 is 0 Å². The van der Waals surface area contributed by atoms with E-state index in [4.69, 9.17) is 0 Å². The highest BCUT2D eigenvalue weighted by atomic mass is 16.3. The van der Waals surface area contributed by atoms with E-state index in [1.165, 1.54) is 32.1 Å². The fraction of sp³-hybridized carbons (Fsp3) is 1.00. The lowest BCUT2D eigenvalue weighted by molar-refractivity contribution is -0.0755. The molecule has 0 amide bonds. The number of aliphatic hydroxyl groups is 1. The van der Waals surface area contributed by atoms with E-state index in [9.17, 15) is 5.11 Å². The Labute approximate surface area is 113 Å². The van der Waals surface area contributed by atoms with Crippen LogP contribution in [0, 0.1) is 16.7 Å². The molecule has 0 bridgehead atoms.